The lowest BCUT2D eigenvalue weighted by atomic mass is 9.77. The molecule has 3 atom stereocenters. The quantitative estimate of drug-likeness (QED) is 0.715. The highest BCUT2D eigenvalue weighted by atomic mass is 16.2. The van der Waals surface area contributed by atoms with Gasteiger partial charge in [-0.3, -0.25) is 9.59 Å². The molecule has 1 aliphatic carbocycles. The number of nitrogens with zero attached hydrogens (tertiary/aromatic N) is 1. The van der Waals surface area contributed by atoms with Crippen molar-refractivity contribution < 1.29 is 9.59 Å². The predicted octanol–water partition coefficient (Wildman–Crippen LogP) is 0.256. The summed E-state index contributed by atoms with van der Waals surface area (Å²) in [5, 5.41) is 6.31. The van der Waals surface area contributed by atoms with Gasteiger partial charge in [-0.1, -0.05) is 12.8 Å². The molecule has 3 aliphatic rings. The molecule has 2 heterocycles. The molecule has 2 amide bonds. The first-order valence-corrected chi connectivity index (χ1v) is 7.55. The van der Waals surface area contributed by atoms with Crippen LogP contribution < -0.4 is 10.6 Å². The molecule has 0 spiro atoms. The van der Waals surface area contributed by atoms with Gasteiger partial charge in [-0.15, -0.1) is 0 Å². The van der Waals surface area contributed by atoms with E-state index in [4.69, 9.17) is 0 Å². The summed E-state index contributed by atoms with van der Waals surface area (Å²) in [4.78, 5) is 25.5. The van der Waals surface area contributed by atoms with E-state index < -0.39 is 0 Å². The maximum absolute atomic E-state index is 12.5. The zero-order chi connectivity index (χ0) is 13.2. The van der Waals surface area contributed by atoms with Gasteiger partial charge >= 0.3 is 0 Å². The van der Waals surface area contributed by atoms with Crippen molar-refractivity contribution in [3.05, 3.63) is 0 Å². The maximum atomic E-state index is 12.5. The first kappa shape index (κ1) is 12.9. The highest BCUT2D eigenvalue weighted by molar-refractivity contribution is 5.88. The van der Waals surface area contributed by atoms with Crippen molar-refractivity contribution in [1.82, 2.24) is 15.5 Å². The Morgan fingerprint density at radius 1 is 1.16 bits per heavy atom. The van der Waals surface area contributed by atoms with E-state index in [9.17, 15) is 9.59 Å². The largest absolute Gasteiger partial charge is 0.353 e. The molecule has 3 fully saturated rings. The first-order valence-electron chi connectivity index (χ1n) is 7.55. The summed E-state index contributed by atoms with van der Waals surface area (Å²) >= 11 is 0. The van der Waals surface area contributed by atoms with Crippen molar-refractivity contribution >= 4 is 11.8 Å². The third-order valence-electron chi connectivity index (χ3n) is 4.80. The summed E-state index contributed by atoms with van der Waals surface area (Å²) < 4.78 is 0. The lowest BCUT2D eigenvalue weighted by Gasteiger charge is -2.41. The molecular weight excluding hydrogens is 242 g/mol. The Morgan fingerprint density at radius 2 is 2.00 bits per heavy atom. The number of amides is 2. The summed E-state index contributed by atoms with van der Waals surface area (Å²) in [7, 11) is 0. The van der Waals surface area contributed by atoms with Crippen LogP contribution in [-0.4, -0.2) is 48.4 Å². The normalized spacial score (nSPS) is 35.5. The molecule has 2 N–H and O–H groups in total. The summed E-state index contributed by atoms with van der Waals surface area (Å²) in [5.41, 5.74) is 0. The van der Waals surface area contributed by atoms with E-state index in [0.717, 1.165) is 18.8 Å². The number of rotatable bonds is 1. The van der Waals surface area contributed by atoms with E-state index in [2.05, 4.69) is 10.6 Å². The van der Waals surface area contributed by atoms with Gasteiger partial charge < -0.3 is 15.5 Å². The third kappa shape index (κ3) is 2.76. The van der Waals surface area contributed by atoms with Crippen LogP contribution in [0.4, 0.5) is 0 Å². The van der Waals surface area contributed by atoms with Crippen LogP contribution in [0, 0.1) is 5.92 Å². The van der Waals surface area contributed by atoms with Gasteiger partial charge in [-0.25, -0.2) is 0 Å². The Kier molecular flexibility index (Phi) is 3.73. The molecule has 5 nitrogen and oxygen atoms in total. The number of carbonyl (C=O) groups excluding carboxylic acids is 2. The van der Waals surface area contributed by atoms with Crippen molar-refractivity contribution in [3.63, 3.8) is 0 Å². The summed E-state index contributed by atoms with van der Waals surface area (Å²) in [6.45, 7) is 1.46. The standard InChI is InChI=1S/C14H23N3O2/c18-13-9-17(8-7-15-13)14(19)12-6-5-10-3-1-2-4-11(10)16-12/h10-12,16H,1-9H2,(H,15,18). The van der Waals surface area contributed by atoms with E-state index >= 15 is 0 Å². The predicted molar refractivity (Wildman–Crippen MR) is 71.5 cm³/mol. The second kappa shape index (κ2) is 5.49. The second-order valence-electron chi connectivity index (χ2n) is 6.06. The van der Waals surface area contributed by atoms with Gasteiger partial charge in [0.25, 0.3) is 0 Å². The number of fused-ring (bicyclic) bond motifs is 1. The van der Waals surface area contributed by atoms with Crippen molar-refractivity contribution in [2.75, 3.05) is 19.6 Å². The number of nitrogens with one attached hydrogen (secondary N) is 2. The Hall–Kier alpha value is -1.10. The summed E-state index contributed by atoms with van der Waals surface area (Å²) in [6, 6.07) is 0.459. The zero-order valence-electron chi connectivity index (χ0n) is 11.4. The molecule has 0 aromatic carbocycles. The van der Waals surface area contributed by atoms with Gasteiger partial charge in [-0.05, 0) is 31.6 Å². The molecular formula is C14H23N3O2. The van der Waals surface area contributed by atoms with Crippen molar-refractivity contribution in [2.24, 2.45) is 5.92 Å². The number of piperidine rings is 1. The highest BCUT2D eigenvalue weighted by Crippen LogP contribution is 2.32. The van der Waals surface area contributed by atoms with Crippen LogP contribution in [0.25, 0.3) is 0 Å². The van der Waals surface area contributed by atoms with E-state index in [1.807, 2.05) is 0 Å². The first-order chi connectivity index (χ1) is 9.24. The topological polar surface area (TPSA) is 61.4 Å². The molecule has 0 aromatic rings. The van der Waals surface area contributed by atoms with Gasteiger partial charge in [0.05, 0.1) is 12.6 Å². The van der Waals surface area contributed by atoms with Crippen LogP contribution in [0.5, 0.6) is 0 Å². The molecule has 19 heavy (non-hydrogen) atoms. The number of hydrogen-bond donors (Lipinski definition) is 2. The van der Waals surface area contributed by atoms with Gasteiger partial charge in [0.15, 0.2) is 0 Å². The average molecular weight is 265 g/mol. The second-order valence-corrected chi connectivity index (χ2v) is 6.06. The molecule has 1 saturated carbocycles. The molecule has 106 valence electrons. The van der Waals surface area contributed by atoms with Gasteiger partial charge in [0.1, 0.15) is 0 Å². The molecule has 5 heteroatoms. The van der Waals surface area contributed by atoms with Crippen LogP contribution in [0.1, 0.15) is 38.5 Å². The van der Waals surface area contributed by atoms with Gasteiger partial charge in [0.2, 0.25) is 11.8 Å². The number of piperazine rings is 1. The van der Waals surface area contributed by atoms with Crippen molar-refractivity contribution in [1.29, 1.82) is 0 Å². The van der Waals surface area contributed by atoms with Crippen LogP contribution in [0.3, 0.4) is 0 Å². The highest BCUT2D eigenvalue weighted by Gasteiger charge is 2.36. The van der Waals surface area contributed by atoms with Crippen LogP contribution in [-0.2, 0) is 9.59 Å². The lowest BCUT2D eigenvalue weighted by molar-refractivity contribution is -0.140. The Bertz CT molecular complexity index is 372. The molecule has 2 saturated heterocycles. The fraction of sp³-hybridized carbons (Fsp3) is 0.857. The third-order valence-corrected chi connectivity index (χ3v) is 4.80. The molecule has 0 radical (unpaired) electrons. The molecule has 3 rings (SSSR count). The van der Waals surface area contributed by atoms with E-state index in [-0.39, 0.29) is 24.4 Å². The number of hydrogen-bond acceptors (Lipinski definition) is 3. The number of carbonyl (C=O) groups is 2. The summed E-state index contributed by atoms with van der Waals surface area (Å²) in [5.74, 6) is 0.854. The van der Waals surface area contributed by atoms with Crippen LogP contribution >= 0.6 is 0 Å². The van der Waals surface area contributed by atoms with E-state index in [1.165, 1.54) is 25.7 Å². The summed E-state index contributed by atoms with van der Waals surface area (Å²) in [6.07, 6.45) is 7.22. The molecule has 0 aromatic heterocycles. The zero-order valence-corrected chi connectivity index (χ0v) is 11.4. The molecule has 2 aliphatic heterocycles. The fourth-order valence-corrected chi connectivity index (χ4v) is 3.74. The van der Waals surface area contributed by atoms with E-state index in [1.54, 1.807) is 4.90 Å². The Morgan fingerprint density at radius 3 is 2.84 bits per heavy atom. The van der Waals surface area contributed by atoms with Gasteiger partial charge in [0, 0.05) is 19.1 Å². The van der Waals surface area contributed by atoms with Crippen LogP contribution in [0.15, 0.2) is 0 Å². The maximum Gasteiger partial charge on any atom is 0.240 e. The van der Waals surface area contributed by atoms with Crippen molar-refractivity contribution in [3.8, 4) is 0 Å². The molecule has 0 bridgehead atoms. The van der Waals surface area contributed by atoms with Crippen molar-refractivity contribution in [2.45, 2.75) is 50.6 Å². The van der Waals surface area contributed by atoms with E-state index in [0.29, 0.717) is 19.1 Å². The fourth-order valence-electron chi connectivity index (χ4n) is 3.74. The monoisotopic (exact) mass is 265 g/mol. The minimum atomic E-state index is -0.0646. The van der Waals surface area contributed by atoms with Gasteiger partial charge in [-0.2, -0.15) is 0 Å². The minimum Gasteiger partial charge on any atom is -0.353 e. The van der Waals surface area contributed by atoms with Crippen LogP contribution in [0.2, 0.25) is 0 Å². The smallest absolute Gasteiger partial charge is 0.240 e. The lowest BCUT2D eigenvalue weighted by Crippen LogP contribution is -2.59. The Labute approximate surface area is 114 Å². The molecule has 3 unspecified atom stereocenters. The SMILES string of the molecule is O=C1CN(C(=O)C2CCC3CCCCC3N2)CCN1. The Balaban J connectivity index is 1.59. The average Bonchev–Trinajstić information content (AvgIpc) is 2.46. The minimum absolute atomic E-state index is 0.0362.